The summed E-state index contributed by atoms with van der Waals surface area (Å²) >= 11 is 3.91. The van der Waals surface area contributed by atoms with Gasteiger partial charge in [0.25, 0.3) is 0 Å². The second-order valence-electron chi connectivity index (χ2n) is 1.42. The van der Waals surface area contributed by atoms with Crippen LogP contribution in [0.4, 0.5) is 0 Å². The van der Waals surface area contributed by atoms with Crippen molar-refractivity contribution in [3.63, 3.8) is 0 Å². The lowest BCUT2D eigenvalue weighted by atomic mass is 10.4. The zero-order valence-corrected chi connectivity index (χ0v) is 5.06. The van der Waals surface area contributed by atoms with Crippen molar-refractivity contribution in [2.75, 3.05) is 0 Å². The third-order valence-electron chi connectivity index (χ3n) is 0.813. The Morgan fingerprint density at radius 1 is 2.00 bits per heavy atom. The Kier molecular flexibility index (Phi) is 0.841. The van der Waals surface area contributed by atoms with Gasteiger partial charge in [-0.25, -0.2) is 0 Å². The standard InChI is InChI=1S/C6H8OS/c1-5(8)6-3-2-4-7-6/h2-5,8H,1H3/i1D3. The van der Waals surface area contributed by atoms with Crippen molar-refractivity contribution in [2.24, 2.45) is 0 Å². The first kappa shape index (κ1) is 2.97. The van der Waals surface area contributed by atoms with E-state index < -0.39 is 12.1 Å². The molecule has 0 aliphatic rings. The van der Waals surface area contributed by atoms with E-state index in [1.165, 1.54) is 6.26 Å². The van der Waals surface area contributed by atoms with Crippen molar-refractivity contribution in [1.29, 1.82) is 0 Å². The van der Waals surface area contributed by atoms with Crippen LogP contribution in [0.5, 0.6) is 0 Å². The smallest absolute Gasteiger partial charge is 0.116 e. The summed E-state index contributed by atoms with van der Waals surface area (Å²) in [5.74, 6) is 0.383. The van der Waals surface area contributed by atoms with E-state index in [2.05, 4.69) is 12.6 Å². The molecule has 0 N–H and O–H groups in total. The molecule has 0 radical (unpaired) electrons. The molecular formula is C6H8OS. The van der Waals surface area contributed by atoms with E-state index in [0.717, 1.165) is 0 Å². The highest BCUT2D eigenvalue weighted by Crippen LogP contribution is 2.17. The van der Waals surface area contributed by atoms with Gasteiger partial charge in [-0.2, -0.15) is 12.6 Å². The zero-order valence-electron chi connectivity index (χ0n) is 7.16. The van der Waals surface area contributed by atoms with E-state index in [9.17, 15) is 0 Å². The lowest BCUT2D eigenvalue weighted by molar-refractivity contribution is 0.513. The monoisotopic (exact) mass is 131 g/mol. The summed E-state index contributed by atoms with van der Waals surface area (Å²) in [5, 5.41) is -0.822. The van der Waals surface area contributed by atoms with Crippen LogP contribution in [0.3, 0.4) is 0 Å². The third-order valence-corrected chi connectivity index (χ3v) is 1.07. The molecule has 1 aromatic rings. The Labute approximate surface area is 58.3 Å². The lowest BCUT2D eigenvalue weighted by Crippen LogP contribution is -1.75. The second kappa shape index (κ2) is 2.27. The van der Waals surface area contributed by atoms with Gasteiger partial charge >= 0.3 is 0 Å². The van der Waals surface area contributed by atoms with Crippen molar-refractivity contribution < 1.29 is 8.53 Å². The van der Waals surface area contributed by atoms with Crippen molar-refractivity contribution in [3.05, 3.63) is 24.2 Å². The van der Waals surface area contributed by atoms with Crippen LogP contribution < -0.4 is 0 Å². The summed E-state index contributed by atoms with van der Waals surface area (Å²) in [4.78, 5) is 0. The summed E-state index contributed by atoms with van der Waals surface area (Å²) in [6.45, 7) is -2.10. The van der Waals surface area contributed by atoms with Gasteiger partial charge in [-0.15, -0.1) is 0 Å². The lowest BCUT2D eigenvalue weighted by Gasteiger charge is -1.94. The first-order chi connectivity index (χ1) is 5.02. The summed E-state index contributed by atoms with van der Waals surface area (Å²) in [5.41, 5.74) is 0. The SMILES string of the molecule is [2H]C([2H])([2H])C(S)c1ccco1. The quantitative estimate of drug-likeness (QED) is 0.577. The van der Waals surface area contributed by atoms with Crippen molar-refractivity contribution in [1.82, 2.24) is 0 Å². The highest BCUT2D eigenvalue weighted by molar-refractivity contribution is 7.80. The molecule has 0 aromatic carbocycles. The fourth-order valence-corrected chi connectivity index (χ4v) is 0.594. The van der Waals surface area contributed by atoms with E-state index >= 15 is 0 Å². The largest absolute Gasteiger partial charge is 0.468 e. The van der Waals surface area contributed by atoms with Crippen LogP contribution in [0, 0.1) is 0 Å². The van der Waals surface area contributed by atoms with E-state index in [0.29, 0.717) is 5.76 Å². The number of hydrogen-bond acceptors (Lipinski definition) is 2. The highest BCUT2D eigenvalue weighted by Gasteiger charge is 1.98. The Balaban J connectivity index is 2.78. The average Bonchev–Trinajstić information content (AvgIpc) is 2.34. The van der Waals surface area contributed by atoms with Gasteiger partial charge in [0.1, 0.15) is 5.76 Å². The summed E-state index contributed by atoms with van der Waals surface area (Å²) in [6, 6.07) is 3.24. The van der Waals surface area contributed by atoms with Gasteiger partial charge in [-0.3, -0.25) is 0 Å². The Morgan fingerprint density at radius 3 is 3.38 bits per heavy atom. The molecule has 0 amide bonds. The maximum Gasteiger partial charge on any atom is 0.116 e. The van der Waals surface area contributed by atoms with E-state index in [4.69, 9.17) is 8.53 Å². The maximum atomic E-state index is 7.01. The van der Waals surface area contributed by atoms with Gasteiger partial charge < -0.3 is 4.42 Å². The minimum absolute atomic E-state index is 0.383. The number of thiol groups is 1. The Bertz CT molecular complexity index is 216. The normalized spacial score (nSPS) is 20.9. The molecule has 0 bridgehead atoms. The van der Waals surface area contributed by atoms with E-state index in [1.54, 1.807) is 12.1 Å². The average molecular weight is 131 g/mol. The number of rotatable bonds is 1. The van der Waals surface area contributed by atoms with Gasteiger partial charge in [-0.05, 0) is 19.0 Å². The van der Waals surface area contributed by atoms with Gasteiger partial charge in [0.15, 0.2) is 0 Å². The molecule has 0 aliphatic carbocycles. The molecule has 1 rings (SSSR count). The minimum Gasteiger partial charge on any atom is -0.468 e. The summed E-state index contributed by atoms with van der Waals surface area (Å²) < 4.78 is 25.9. The van der Waals surface area contributed by atoms with Crippen molar-refractivity contribution >= 4 is 12.6 Å². The molecule has 0 saturated carbocycles. The van der Waals surface area contributed by atoms with Gasteiger partial charge in [0.2, 0.25) is 0 Å². The van der Waals surface area contributed by atoms with E-state index in [-0.39, 0.29) is 0 Å². The molecule has 0 aliphatic heterocycles. The topological polar surface area (TPSA) is 13.1 Å². The van der Waals surface area contributed by atoms with Crippen LogP contribution >= 0.6 is 12.6 Å². The number of furan rings is 1. The predicted octanol–water partition coefficient (Wildman–Crippen LogP) is 2.27. The molecule has 0 saturated heterocycles. The molecule has 0 spiro atoms. The van der Waals surface area contributed by atoms with Crippen LogP contribution in [-0.4, -0.2) is 0 Å². The molecule has 1 unspecified atom stereocenters. The molecule has 1 heterocycles. The van der Waals surface area contributed by atoms with Crippen molar-refractivity contribution in [3.8, 4) is 0 Å². The number of hydrogen-bond donors (Lipinski definition) is 1. The summed E-state index contributed by atoms with van der Waals surface area (Å²) in [7, 11) is 0. The highest BCUT2D eigenvalue weighted by atomic mass is 32.1. The Hall–Kier alpha value is -0.370. The summed E-state index contributed by atoms with van der Waals surface area (Å²) in [6.07, 6.45) is 1.43. The Morgan fingerprint density at radius 2 is 2.88 bits per heavy atom. The van der Waals surface area contributed by atoms with Crippen LogP contribution in [0.15, 0.2) is 22.8 Å². The van der Waals surface area contributed by atoms with Gasteiger partial charge in [-0.1, -0.05) is 0 Å². The molecular weight excluding hydrogens is 120 g/mol. The first-order valence-electron chi connectivity index (χ1n) is 3.73. The molecule has 44 valence electrons. The van der Waals surface area contributed by atoms with E-state index in [1.807, 2.05) is 0 Å². The van der Waals surface area contributed by atoms with Crippen LogP contribution in [0.2, 0.25) is 0 Å². The molecule has 1 atom stereocenters. The van der Waals surface area contributed by atoms with Gasteiger partial charge in [0, 0.05) is 4.11 Å². The second-order valence-corrected chi connectivity index (χ2v) is 1.93. The van der Waals surface area contributed by atoms with Crippen LogP contribution in [0.1, 0.15) is 22.0 Å². The van der Waals surface area contributed by atoms with Crippen LogP contribution in [0.25, 0.3) is 0 Å². The molecule has 0 fully saturated rings. The fraction of sp³-hybridized carbons (Fsp3) is 0.333. The first-order valence-corrected chi connectivity index (χ1v) is 2.75. The maximum absolute atomic E-state index is 7.01. The molecule has 8 heavy (non-hydrogen) atoms. The van der Waals surface area contributed by atoms with Crippen LogP contribution in [-0.2, 0) is 0 Å². The fourth-order valence-electron chi connectivity index (χ4n) is 0.447. The molecule has 1 nitrogen and oxygen atoms in total. The van der Waals surface area contributed by atoms with Crippen molar-refractivity contribution in [2.45, 2.75) is 12.1 Å². The predicted molar refractivity (Wildman–Crippen MR) is 36.1 cm³/mol. The molecule has 2 heteroatoms. The van der Waals surface area contributed by atoms with Gasteiger partial charge in [0.05, 0.1) is 11.5 Å². The minimum atomic E-state index is -2.10. The third kappa shape index (κ3) is 1.07. The molecule has 1 aromatic heterocycles. The zero-order chi connectivity index (χ0) is 8.48.